The third-order valence-corrected chi connectivity index (χ3v) is 5.16. The number of hydrogen-bond donors (Lipinski definition) is 1. The van der Waals surface area contributed by atoms with Crippen molar-refractivity contribution < 1.29 is 9.72 Å². The van der Waals surface area contributed by atoms with Crippen LogP contribution in [0.25, 0.3) is 0 Å². The lowest BCUT2D eigenvalue weighted by Crippen LogP contribution is -2.30. The summed E-state index contributed by atoms with van der Waals surface area (Å²) in [6.07, 6.45) is 2.46. The Bertz CT molecular complexity index is 962. The summed E-state index contributed by atoms with van der Waals surface area (Å²) in [6.45, 7) is 0. The van der Waals surface area contributed by atoms with Crippen molar-refractivity contribution in [3.05, 3.63) is 106 Å². The van der Waals surface area contributed by atoms with Crippen molar-refractivity contribution in [2.24, 2.45) is 0 Å². The van der Waals surface area contributed by atoms with E-state index in [1.165, 1.54) is 17.8 Å². The fraction of sp³-hybridized carbons (Fsp3) is 0.136. The number of nitrogens with zero attached hydrogens (tertiary/aromatic N) is 1. The van der Waals surface area contributed by atoms with Crippen molar-refractivity contribution in [3.63, 3.8) is 0 Å². The van der Waals surface area contributed by atoms with E-state index in [1.807, 2.05) is 66.9 Å². The molecule has 3 aromatic carbocycles. The highest BCUT2D eigenvalue weighted by molar-refractivity contribution is 7.98. The molecule has 28 heavy (non-hydrogen) atoms. The molecule has 1 N–H and O–H groups in total. The largest absolute Gasteiger partial charge is 0.345 e. The minimum atomic E-state index is -0.520. The summed E-state index contributed by atoms with van der Waals surface area (Å²) in [7, 11) is 0. The first kappa shape index (κ1) is 19.6. The Morgan fingerprint density at radius 2 is 1.68 bits per heavy atom. The van der Waals surface area contributed by atoms with Crippen LogP contribution in [0.15, 0.2) is 83.8 Å². The molecule has 3 aromatic rings. The van der Waals surface area contributed by atoms with E-state index < -0.39 is 10.8 Å². The van der Waals surface area contributed by atoms with Gasteiger partial charge in [0.2, 0.25) is 0 Å². The molecule has 1 amide bonds. The smallest absolute Gasteiger partial charge is 0.282 e. The van der Waals surface area contributed by atoms with Crippen LogP contribution in [0.1, 0.15) is 27.5 Å². The molecule has 0 aliphatic carbocycles. The number of nitro groups is 1. The molecule has 0 aromatic heterocycles. The molecule has 3 rings (SSSR count). The van der Waals surface area contributed by atoms with Crippen molar-refractivity contribution in [3.8, 4) is 0 Å². The van der Waals surface area contributed by atoms with Crippen LogP contribution in [0.2, 0.25) is 0 Å². The van der Waals surface area contributed by atoms with E-state index in [4.69, 9.17) is 0 Å². The number of nitrogens with one attached hydrogen (secondary N) is 1. The number of carbonyl (C=O) groups is 1. The van der Waals surface area contributed by atoms with E-state index in [9.17, 15) is 14.9 Å². The Labute approximate surface area is 167 Å². The van der Waals surface area contributed by atoms with E-state index in [0.29, 0.717) is 6.42 Å². The molecule has 1 atom stereocenters. The number of rotatable bonds is 7. The van der Waals surface area contributed by atoms with Crippen LogP contribution in [-0.2, 0) is 6.42 Å². The maximum absolute atomic E-state index is 13.0. The van der Waals surface area contributed by atoms with Gasteiger partial charge >= 0.3 is 0 Å². The van der Waals surface area contributed by atoms with Gasteiger partial charge < -0.3 is 5.32 Å². The van der Waals surface area contributed by atoms with Crippen molar-refractivity contribution in [2.75, 3.05) is 6.26 Å². The van der Waals surface area contributed by atoms with Gasteiger partial charge in [0, 0.05) is 11.0 Å². The Balaban J connectivity index is 1.92. The van der Waals surface area contributed by atoms with Gasteiger partial charge in [0.1, 0.15) is 5.56 Å². The van der Waals surface area contributed by atoms with E-state index in [-0.39, 0.29) is 17.3 Å². The molecule has 142 valence electrons. The summed E-state index contributed by atoms with van der Waals surface area (Å²) in [5.74, 6) is -0.451. The predicted octanol–water partition coefficient (Wildman–Crippen LogP) is 5.03. The fourth-order valence-corrected chi connectivity index (χ4v) is 3.45. The molecule has 0 aliphatic rings. The maximum atomic E-state index is 13.0. The molecule has 6 heteroatoms. The number of carbonyl (C=O) groups excluding carboxylic acids is 1. The predicted molar refractivity (Wildman–Crippen MR) is 112 cm³/mol. The SMILES string of the molecule is CSc1ccc([N+](=O)[O-])c(C(=O)NC(Cc2ccccc2)c2ccccc2)c1. The molecule has 0 saturated carbocycles. The lowest BCUT2D eigenvalue weighted by Gasteiger charge is -2.20. The lowest BCUT2D eigenvalue weighted by atomic mass is 9.98. The van der Waals surface area contributed by atoms with Crippen LogP contribution < -0.4 is 5.32 Å². The normalized spacial score (nSPS) is 11.6. The molecule has 0 spiro atoms. The fourth-order valence-electron chi connectivity index (χ4n) is 3.01. The number of benzene rings is 3. The Kier molecular flexibility index (Phi) is 6.45. The summed E-state index contributed by atoms with van der Waals surface area (Å²) in [5, 5.41) is 14.4. The maximum Gasteiger partial charge on any atom is 0.282 e. The Morgan fingerprint density at radius 1 is 1.04 bits per heavy atom. The van der Waals surface area contributed by atoms with Crippen molar-refractivity contribution in [1.82, 2.24) is 5.32 Å². The third-order valence-electron chi connectivity index (χ3n) is 4.43. The second kappa shape index (κ2) is 9.19. The first-order valence-electron chi connectivity index (χ1n) is 8.80. The van der Waals surface area contributed by atoms with Gasteiger partial charge in [-0.15, -0.1) is 11.8 Å². The molecule has 1 unspecified atom stereocenters. The van der Waals surface area contributed by atoms with Crippen molar-refractivity contribution in [1.29, 1.82) is 0 Å². The Hall–Kier alpha value is -3.12. The minimum Gasteiger partial charge on any atom is -0.345 e. The number of thioether (sulfide) groups is 1. The second-order valence-corrected chi connectivity index (χ2v) is 7.15. The van der Waals surface area contributed by atoms with E-state index >= 15 is 0 Å². The van der Waals surface area contributed by atoms with Gasteiger partial charge in [0.05, 0.1) is 11.0 Å². The van der Waals surface area contributed by atoms with E-state index in [1.54, 1.807) is 12.1 Å². The van der Waals surface area contributed by atoms with Gasteiger partial charge in [0.25, 0.3) is 11.6 Å². The van der Waals surface area contributed by atoms with Gasteiger partial charge in [-0.1, -0.05) is 60.7 Å². The standard InChI is InChI=1S/C22H20N2O3S/c1-28-18-12-13-21(24(26)27)19(15-18)22(25)23-20(17-10-6-3-7-11-17)14-16-8-4-2-5-9-16/h2-13,15,20H,14H2,1H3,(H,23,25). The molecule has 0 aliphatic heterocycles. The second-order valence-electron chi connectivity index (χ2n) is 6.27. The number of amides is 1. The highest BCUT2D eigenvalue weighted by atomic mass is 32.2. The molecule has 0 heterocycles. The van der Waals surface area contributed by atoms with Crippen LogP contribution in [0.4, 0.5) is 5.69 Å². The van der Waals surface area contributed by atoms with Gasteiger partial charge in [-0.2, -0.15) is 0 Å². The van der Waals surface area contributed by atoms with Crippen LogP contribution >= 0.6 is 11.8 Å². The van der Waals surface area contributed by atoms with Gasteiger partial charge in [0.15, 0.2) is 0 Å². The zero-order valence-electron chi connectivity index (χ0n) is 15.4. The zero-order valence-corrected chi connectivity index (χ0v) is 16.2. The zero-order chi connectivity index (χ0) is 19.9. The van der Waals surface area contributed by atoms with E-state index in [0.717, 1.165) is 16.0 Å². The topological polar surface area (TPSA) is 72.2 Å². The van der Waals surface area contributed by atoms with Crippen LogP contribution in [0.3, 0.4) is 0 Å². The molecule has 5 nitrogen and oxygen atoms in total. The monoisotopic (exact) mass is 392 g/mol. The van der Waals surface area contributed by atoms with Crippen LogP contribution in [0.5, 0.6) is 0 Å². The van der Waals surface area contributed by atoms with Gasteiger partial charge in [-0.05, 0) is 35.9 Å². The average molecular weight is 392 g/mol. The van der Waals surface area contributed by atoms with Crippen LogP contribution in [-0.4, -0.2) is 17.1 Å². The molecular formula is C22H20N2O3S. The molecule has 0 radical (unpaired) electrons. The number of hydrogen-bond acceptors (Lipinski definition) is 4. The lowest BCUT2D eigenvalue weighted by molar-refractivity contribution is -0.385. The first-order chi connectivity index (χ1) is 13.6. The summed E-state index contributed by atoms with van der Waals surface area (Å²) in [4.78, 5) is 24.7. The summed E-state index contributed by atoms with van der Waals surface area (Å²) < 4.78 is 0. The van der Waals surface area contributed by atoms with Crippen molar-refractivity contribution in [2.45, 2.75) is 17.4 Å². The third kappa shape index (κ3) is 4.78. The molecular weight excluding hydrogens is 372 g/mol. The quantitative estimate of drug-likeness (QED) is 0.348. The minimum absolute atomic E-state index is 0.0749. The van der Waals surface area contributed by atoms with Gasteiger partial charge in [-0.25, -0.2) is 0 Å². The molecule has 0 fully saturated rings. The average Bonchev–Trinajstić information content (AvgIpc) is 2.74. The molecule has 0 saturated heterocycles. The van der Waals surface area contributed by atoms with Crippen LogP contribution in [0, 0.1) is 10.1 Å². The Morgan fingerprint density at radius 3 is 2.29 bits per heavy atom. The summed E-state index contributed by atoms with van der Waals surface area (Å²) in [5.41, 5.74) is 1.90. The highest BCUT2D eigenvalue weighted by Crippen LogP contribution is 2.26. The molecule has 0 bridgehead atoms. The first-order valence-corrected chi connectivity index (χ1v) is 10.0. The number of nitro benzene ring substituents is 1. The summed E-state index contributed by atoms with van der Waals surface area (Å²) >= 11 is 1.44. The highest BCUT2D eigenvalue weighted by Gasteiger charge is 2.23. The van der Waals surface area contributed by atoms with E-state index in [2.05, 4.69) is 5.32 Å². The van der Waals surface area contributed by atoms with Gasteiger partial charge in [-0.3, -0.25) is 14.9 Å². The van der Waals surface area contributed by atoms with Crippen molar-refractivity contribution >= 4 is 23.4 Å². The summed E-state index contributed by atoms with van der Waals surface area (Å²) in [6, 6.07) is 23.8.